The molecule has 0 bridgehead atoms. The van der Waals surface area contributed by atoms with E-state index in [1.807, 2.05) is 11.8 Å². The Morgan fingerprint density at radius 2 is 2.00 bits per heavy atom. The van der Waals surface area contributed by atoms with E-state index >= 15 is 0 Å². The second kappa shape index (κ2) is 6.89. The van der Waals surface area contributed by atoms with Gasteiger partial charge in [-0.15, -0.1) is 0 Å². The van der Waals surface area contributed by atoms with E-state index in [4.69, 9.17) is 4.74 Å². The summed E-state index contributed by atoms with van der Waals surface area (Å²) in [7, 11) is 0. The molecule has 0 saturated carbocycles. The van der Waals surface area contributed by atoms with E-state index in [0.29, 0.717) is 19.5 Å². The fourth-order valence-corrected chi connectivity index (χ4v) is 2.61. The number of hydrogen-bond donors (Lipinski definition) is 0. The average molecular weight is 275 g/mol. The van der Waals surface area contributed by atoms with E-state index in [2.05, 4.69) is 38.1 Å². The topological polar surface area (TPSA) is 29.5 Å². The zero-order valence-electron chi connectivity index (χ0n) is 12.8. The minimum atomic E-state index is 0.00456. The summed E-state index contributed by atoms with van der Waals surface area (Å²) in [6.07, 6.45) is 2.79. The van der Waals surface area contributed by atoms with Gasteiger partial charge >= 0.3 is 0 Å². The van der Waals surface area contributed by atoms with E-state index in [9.17, 15) is 4.79 Å². The molecule has 1 aromatic rings. The predicted octanol–water partition coefficient (Wildman–Crippen LogP) is 3.47. The van der Waals surface area contributed by atoms with Gasteiger partial charge in [0.2, 0.25) is 5.91 Å². The van der Waals surface area contributed by atoms with Crippen molar-refractivity contribution in [1.29, 1.82) is 0 Å². The van der Waals surface area contributed by atoms with Gasteiger partial charge in [0.15, 0.2) is 0 Å². The molecule has 2 atom stereocenters. The summed E-state index contributed by atoms with van der Waals surface area (Å²) in [6, 6.07) is 8.40. The van der Waals surface area contributed by atoms with Crippen LogP contribution < -0.4 is 0 Å². The molecule has 1 fully saturated rings. The van der Waals surface area contributed by atoms with Gasteiger partial charge in [-0.25, -0.2) is 0 Å². The first-order valence-electron chi connectivity index (χ1n) is 7.60. The number of rotatable bonds is 4. The molecule has 2 unspecified atom stereocenters. The molecule has 1 aliphatic rings. The number of benzene rings is 1. The summed E-state index contributed by atoms with van der Waals surface area (Å²) in [5, 5.41) is 0. The summed E-state index contributed by atoms with van der Waals surface area (Å²) in [5.74, 6) is 0.263. The van der Waals surface area contributed by atoms with Gasteiger partial charge in [0, 0.05) is 13.0 Å². The summed E-state index contributed by atoms with van der Waals surface area (Å²) in [5.41, 5.74) is 2.41. The monoisotopic (exact) mass is 275 g/mol. The van der Waals surface area contributed by atoms with Gasteiger partial charge in [-0.05, 0) is 25.8 Å². The Hall–Kier alpha value is -1.35. The Bertz CT molecular complexity index is 441. The molecule has 1 aliphatic heterocycles. The van der Waals surface area contributed by atoms with Crippen molar-refractivity contribution in [2.45, 2.75) is 52.2 Å². The molecule has 3 heteroatoms. The molecule has 0 aromatic heterocycles. The number of ether oxygens (including phenoxy) is 1. The molecule has 110 valence electrons. The maximum Gasteiger partial charge on any atom is 0.222 e. The fourth-order valence-electron chi connectivity index (χ4n) is 2.61. The lowest BCUT2D eigenvalue weighted by molar-refractivity contribution is -0.145. The van der Waals surface area contributed by atoms with Crippen molar-refractivity contribution >= 4 is 5.91 Å². The number of unbranched alkanes of at least 4 members (excludes halogenated alkanes) is 1. The van der Waals surface area contributed by atoms with Crippen molar-refractivity contribution in [3.63, 3.8) is 0 Å². The third-order valence-corrected chi connectivity index (χ3v) is 3.81. The summed E-state index contributed by atoms with van der Waals surface area (Å²) in [4.78, 5) is 14.2. The van der Waals surface area contributed by atoms with Crippen LogP contribution in [-0.2, 0) is 9.53 Å². The van der Waals surface area contributed by atoms with Crippen LogP contribution in [0.5, 0.6) is 0 Å². The average Bonchev–Trinajstić information content (AvgIpc) is 2.44. The van der Waals surface area contributed by atoms with Crippen LogP contribution in [0.1, 0.15) is 50.3 Å². The number of amides is 1. The maximum atomic E-state index is 12.2. The minimum Gasteiger partial charge on any atom is -0.367 e. The van der Waals surface area contributed by atoms with Crippen LogP contribution in [-0.4, -0.2) is 30.0 Å². The third-order valence-electron chi connectivity index (χ3n) is 3.81. The molecule has 0 aliphatic carbocycles. The number of hydrogen-bond acceptors (Lipinski definition) is 2. The third kappa shape index (κ3) is 3.83. The molecule has 20 heavy (non-hydrogen) atoms. The first-order valence-corrected chi connectivity index (χ1v) is 7.60. The van der Waals surface area contributed by atoms with Gasteiger partial charge in [-0.3, -0.25) is 4.79 Å². The number of nitrogens with zero attached hydrogens (tertiary/aromatic N) is 1. The maximum absolute atomic E-state index is 12.2. The smallest absolute Gasteiger partial charge is 0.222 e. The quantitative estimate of drug-likeness (QED) is 0.842. The fraction of sp³-hybridized carbons (Fsp3) is 0.588. The Kier molecular flexibility index (Phi) is 5.18. The minimum absolute atomic E-state index is 0.00456. The Labute approximate surface area is 121 Å². The van der Waals surface area contributed by atoms with Crippen molar-refractivity contribution in [3.8, 4) is 0 Å². The van der Waals surface area contributed by atoms with Crippen molar-refractivity contribution in [3.05, 3.63) is 35.4 Å². The van der Waals surface area contributed by atoms with E-state index in [-0.39, 0.29) is 18.1 Å². The van der Waals surface area contributed by atoms with Gasteiger partial charge in [-0.2, -0.15) is 0 Å². The Morgan fingerprint density at radius 1 is 1.30 bits per heavy atom. The molecule has 2 rings (SSSR count). The van der Waals surface area contributed by atoms with Crippen LogP contribution in [0.15, 0.2) is 24.3 Å². The van der Waals surface area contributed by atoms with Gasteiger partial charge in [0.1, 0.15) is 6.10 Å². The number of carbonyl (C=O) groups is 1. The molecule has 1 aromatic carbocycles. The summed E-state index contributed by atoms with van der Waals surface area (Å²) < 4.78 is 6.00. The molecule has 1 heterocycles. The van der Waals surface area contributed by atoms with Gasteiger partial charge in [-0.1, -0.05) is 43.2 Å². The summed E-state index contributed by atoms with van der Waals surface area (Å²) in [6.45, 7) is 7.63. The highest BCUT2D eigenvalue weighted by atomic mass is 16.5. The number of morpholine rings is 1. The molecular weight excluding hydrogens is 250 g/mol. The van der Waals surface area contributed by atoms with E-state index in [1.54, 1.807) is 0 Å². The first kappa shape index (κ1) is 15.0. The van der Waals surface area contributed by atoms with Crippen molar-refractivity contribution in [2.75, 3.05) is 13.1 Å². The zero-order chi connectivity index (χ0) is 14.5. The number of carbonyl (C=O) groups excluding carboxylic acids is 1. The highest BCUT2D eigenvalue weighted by Crippen LogP contribution is 2.26. The lowest BCUT2D eigenvalue weighted by Gasteiger charge is -2.37. The van der Waals surface area contributed by atoms with Crippen molar-refractivity contribution in [1.82, 2.24) is 4.90 Å². The highest BCUT2D eigenvalue weighted by molar-refractivity contribution is 5.76. The van der Waals surface area contributed by atoms with E-state index in [1.165, 1.54) is 5.56 Å². The summed E-state index contributed by atoms with van der Waals surface area (Å²) >= 11 is 0. The molecule has 1 saturated heterocycles. The SMILES string of the molecule is CCCCC(=O)N1CC(C)OC(c2ccc(C)cc2)C1. The zero-order valence-corrected chi connectivity index (χ0v) is 12.8. The van der Waals surface area contributed by atoms with Crippen molar-refractivity contribution < 1.29 is 9.53 Å². The predicted molar refractivity (Wildman–Crippen MR) is 80.6 cm³/mol. The molecule has 1 amide bonds. The highest BCUT2D eigenvalue weighted by Gasteiger charge is 2.28. The first-order chi connectivity index (χ1) is 9.60. The van der Waals surface area contributed by atoms with Gasteiger partial charge < -0.3 is 9.64 Å². The van der Waals surface area contributed by atoms with Crippen LogP contribution >= 0.6 is 0 Å². The van der Waals surface area contributed by atoms with Crippen LogP contribution in [0.3, 0.4) is 0 Å². The van der Waals surface area contributed by atoms with Crippen LogP contribution in [0, 0.1) is 6.92 Å². The lowest BCUT2D eigenvalue weighted by atomic mass is 10.0. The molecule has 0 spiro atoms. The van der Waals surface area contributed by atoms with Crippen LogP contribution in [0.2, 0.25) is 0 Å². The Balaban J connectivity index is 2.04. The lowest BCUT2D eigenvalue weighted by Crippen LogP contribution is -2.45. The van der Waals surface area contributed by atoms with Gasteiger partial charge in [0.25, 0.3) is 0 Å². The molecule has 0 N–H and O–H groups in total. The number of aryl methyl sites for hydroxylation is 1. The van der Waals surface area contributed by atoms with Crippen molar-refractivity contribution in [2.24, 2.45) is 0 Å². The van der Waals surface area contributed by atoms with E-state index in [0.717, 1.165) is 18.4 Å². The second-order valence-electron chi connectivity index (χ2n) is 5.75. The normalized spacial score (nSPS) is 22.9. The molecule has 0 radical (unpaired) electrons. The second-order valence-corrected chi connectivity index (χ2v) is 5.75. The Morgan fingerprint density at radius 3 is 2.65 bits per heavy atom. The van der Waals surface area contributed by atoms with E-state index < -0.39 is 0 Å². The standard InChI is InChI=1S/C17H25NO2/c1-4-5-6-17(19)18-11-14(3)20-16(12-18)15-9-7-13(2)8-10-15/h7-10,14,16H,4-6,11-12H2,1-3H3. The largest absolute Gasteiger partial charge is 0.367 e. The van der Waals surface area contributed by atoms with Crippen LogP contribution in [0.4, 0.5) is 0 Å². The molecule has 3 nitrogen and oxygen atoms in total. The molecular formula is C17H25NO2. The van der Waals surface area contributed by atoms with Gasteiger partial charge in [0.05, 0.1) is 12.6 Å². The van der Waals surface area contributed by atoms with Crippen LogP contribution in [0.25, 0.3) is 0 Å².